The second-order valence-corrected chi connectivity index (χ2v) is 8.79. The number of hydrogen-bond donors (Lipinski definition) is 3. The van der Waals surface area contributed by atoms with Crippen molar-refractivity contribution in [2.45, 2.75) is 51.1 Å². The van der Waals surface area contributed by atoms with Crippen molar-refractivity contribution in [1.82, 2.24) is 15.1 Å². The Kier molecular flexibility index (Phi) is 7.33. The lowest BCUT2D eigenvalue weighted by Crippen LogP contribution is -2.47. The normalized spacial score (nSPS) is 21.4. The van der Waals surface area contributed by atoms with Crippen LogP contribution in [0.25, 0.3) is 11.0 Å². The number of carbonyl (C=O) groups excluding carboxylic acids is 2. The van der Waals surface area contributed by atoms with Crippen LogP contribution in [0, 0.1) is 18.4 Å². The molecule has 10 nitrogen and oxygen atoms in total. The Labute approximate surface area is 198 Å². The lowest BCUT2D eigenvalue weighted by molar-refractivity contribution is -0.141. The van der Waals surface area contributed by atoms with Gasteiger partial charge in [0.15, 0.2) is 6.19 Å². The van der Waals surface area contributed by atoms with Crippen molar-refractivity contribution in [3.63, 3.8) is 0 Å². The first kappa shape index (κ1) is 23.6. The number of nitriles is 1. The highest BCUT2D eigenvalue weighted by Gasteiger charge is 2.33. The number of benzene rings is 1. The fourth-order valence-corrected chi connectivity index (χ4v) is 4.66. The Hall–Kier alpha value is -3.58. The molecule has 2 aliphatic rings. The third-order valence-electron chi connectivity index (χ3n) is 6.35. The number of aliphatic hydroxyl groups is 1. The van der Waals surface area contributed by atoms with E-state index in [-0.39, 0.29) is 37.0 Å². The smallest absolute Gasteiger partial charge is 0.247 e. The van der Waals surface area contributed by atoms with E-state index in [1.807, 2.05) is 37.4 Å². The molecule has 34 heavy (non-hydrogen) atoms. The third kappa shape index (κ3) is 5.31. The number of amides is 2. The van der Waals surface area contributed by atoms with E-state index in [1.165, 1.54) is 0 Å². The predicted octanol–water partition coefficient (Wildman–Crippen LogP) is 1.94. The van der Waals surface area contributed by atoms with Gasteiger partial charge in [-0.3, -0.25) is 14.9 Å². The van der Waals surface area contributed by atoms with E-state index in [4.69, 9.17) is 4.42 Å². The summed E-state index contributed by atoms with van der Waals surface area (Å²) in [6.07, 6.45) is 5.60. The van der Waals surface area contributed by atoms with Crippen LogP contribution >= 0.6 is 0 Å². The number of hydrogen-bond acceptors (Lipinski definition) is 6. The number of likely N-dealkylation sites (tertiary alicyclic amines) is 2. The van der Waals surface area contributed by atoms with Gasteiger partial charge in [-0.05, 0) is 63.3 Å². The number of anilines is 1. The van der Waals surface area contributed by atoms with Crippen LogP contribution in [-0.2, 0) is 9.59 Å². The highest BCUT2D eigenvalue weighted by atomic mass is 16.3. The number of fused-ring (bicyclic) bond motifs is 1. The molecule has 2 amide bonds. The lowest BCUT2D eigenvalue weighted by Gasteiger charge is -2.28. The average molecular weight is 467 g/mol. The minimum Gasteiger partial charge on any atom is -0.461 e. The van der Waals surface area contributed by atoms with Gasteiger partial charge < -0.3 is 24.6 Å². The third-order valence-corrected chi connectivity index (χ3v) is 6.35. The fraction of sp³-hybridized carbons (Fsp3) is 0.500. The standard InChI is InChI=1S/C24H30N6O4/c1-16-11-17-12-18(7-8-21(17)34-16)27-24(26-15-25)28-20-6-2-3-9-29(23(20)33)13-22(32)30-10-4-5-19(30)14-31/h7-8,11-12,19-20,31H,2-6,9-10,13-14H2,1H3,(H2,26,27,28). The number of guanidine groups is 1. The summed E-state index contributed by atoms with van der Waals surface area (Å²) in [6.45, 7) is 2.88. The highest BCUT2D eigenvalue weighted by molar-refractivity contribution is 5.98. The molecular weight excluding hydrogens is 436 g/mol. The van der Waals surface area contributed by atoms with Crippen molar-refractivity contribution in [2.24, 2.45) is 4.99 Å². The van der Waals surface area contributed by atoms with Crippen LogP contribution in [0.15, 0.2) is 33.7 Å². The quantitative estimate of drug-likeness (QED) is 0.265. The molecule has 3 N–H and O–H groups in total. The van der Waals surface area contributed by atoms with Gasteiger partial charge in [-0.1, -0.05) is 0 Å². The van der Waals surface area contributed by atoms with Crippen molar-refractivity contribution in [2.75, 3.05) is 31.6 Å². The van der Waals surface area contributed by atoms with Gasteiger partial charge in [-0.25, -0.2) is 4.99 Å². The number of nitrogens with one attached hydrogen (secondary N) is 2. The van der Waals surface area contributed by atoms with E-state index in [0.29, 0.717) is 25.2 Å². The molecule has 2 atom stereocenters. The van der Waals surface area contributed by atoms with E-state index >= 15 is 0 Å². The number of aliphatic imine (C=N–C) groups is 1. The maximum absolute atomic E-state index is 13.3. The number of aliphatic hydroxyl groups excluding tert-OH is 1. The maximum Gasteiger partial charge on any atom is 0.247 e. The Morgan fingerprint density at radius 2 is 2.12 bits per heavy atom. The van der Waals surface area contributed by atoms with Crippen LogP contribution in [0.2, 0.25) is 0 Å². The summed E-state index contributed by atoms with van der Waals surface area (Å²) >= 11 is 0. The van der Waals surface area contributed by atoms with Gasteiger partial charge >= 0.3 is 0 Å². The molecule has 1 aromatic heterocycles. The summed E-state index contributed by atoms with van der Waals surface area (Å²) in [7, 11) is 0. The molecule has 2 aromatic rings. The Bertz CT molecular complexity index is 1120. The van der Waals surface area contributed by atoms with E-state index in [2.05, 4.69) is 15.6 Å². The van der Waals surface area contributed by atoms with E-state index in [0.717, 1.165) is 42.4 Å². The zero-order valence-corrected chi connectivity index (χ0v) is 19.3. The van der Waals surface area contributed by atoms with Crippen molar-refractivity contribution in [3.8, 4) is 6.19 Å². The monoisotopic (exact) mass is 466 g/mol. The predicted molar refractivity (Wildman–Crippen MR) is 127 cm³/mol. The van der Waals surface area contributed by atoms with Gasteiger partial charge in [0.2, 0.25) is 17.8 Å². The molecule has 0 bridgehead atoms. The Morgan fingerprint density at radius 1 is 1.26 bits per heavy atom. The van der Waals surface area contributed by atoms with Crippen LogP contribution in [0.4, 0.5) is 5.69 Å². The molecule has 2 saturated heterocycles. The summed E-state index contributed by atoms with van der Waals surface area (Å²) < 4.78 is 5.60. The van der Waals surface area contributed by atoms with Crippen LogP contribution in [0.3, 0.4) is 0 Å². The first-order valence-electron chi connectivity index (χ1n) is 11.7. The topological polar surface area (TPSA) is 134 Å². The van der Waals surface area contributed by atoms with Crippen LogP contribution in [0.1, 0.15) is 37.9 Å². The molecule has 2 fully saturated rings. The summed E-state index contributed by atoms with van der Waals surface area (Å²) in [4.78, 5) is 33.9. The van der Waals surface area contributed by atoms with Crippen LogP contribution < -0.4 is 10.6 Å². The van der Waals surface area contributed by atoms with Crippen molar-refractivity contribution in [3.05, 3.63) is 30.0 Å². The van der Waals surface area contributed by atoms with Gasteiger partial charge in [0.05, 0.1) is 19.2 Å². The van der Waals surface area contributed by atoms with Gasteiger partial charge in [0.25, 0.3) is 0 Å². The average Bonchev–Trinajstić information content (AvgIpc) is 3.40. The molecule has 4 rings (SSSR count). The molecule has 0 spiro atoms. The second kappa shape index (κ2) is 10.6. The van der Waals surface area contributed by atoms with Gasteiger partial charge in [0, 0.05) is 24.2 Å². The number of aryl methyl sites for hydroxylation is 1. The maximum atomic E-state index is 13.3. The zero-order valence-electron chi connectivity index (χ0n) is 19.3. The molecule has 2 unspecified atom stereocenters. The molecule has 0 aliphatic carbocycles. The first-order valence-corrected chi connectivity index (χ1v) is 11.7. The van der Waals surface area contributed by atoms with Gasteiger partial charge in [0.1, 0.15) is 17.4 Å². The number of rotatable bonds is 5. The van der Waals surface area contributed by atoms with Crippen molar-refractivity contribution < 1.29 is 19.1 Å². The summed E-state index contributed by atoms with van der Waals surface area (Å²) in [5.41, 5.74) is 1.46. The Balaban J connectivity index is 1.49. The summed E-state index contributed by atoms with van der Waals surface area (Å²) in [5, 5.41) is 25.3. The zero-order chi connectivity index (χ0) is 24.1. The molecule has 2 aliphatic heterocycles. The van der Waals surface area contributed by atoms with E-state index in [1.54, 1.807) is 9.80 Å². The fourth-order valence-electron chi connectivity index (χ4n) is 4.66. The number of carbonyl (C=O) groups is 2. The van der Waals surface area contributed by atoms with Gasteiger partial charge in [-0.15, -0.1) is 0 Å². The SMILES string of the molecule is Cc1cc2cc(NC(=NC3CCCCN(CC(=O)N4CCCC4CO)C3=O)NC#N)ccc2o1. The van der Waals surface area contributed by atoms with Crippen LogP contribution in [0.5, 0.6) is 0 Å². The van der Waals surface area contributed by atoms with E-state index < -0.39 is 6.04 Å². The molecular formula is C24H30N6O4. The highest BCUT2D eigenvalue weighted by Crippen LogP contribution is 2.23. The Morgan fingerprint density at radius 3 is 2.91 bits per heavy atom. The largest absolute Gasteiger partial charge is 0.461 e. The lowest BCUT2D eigenvalue weighted by atomic mass is 10.1. The van der Waals surface area contributed by atoms with Gasteiger partial charge in [-0.2, -0.15) is 5.26 Å². The second-order valence-electron chi connectivity index (χ2n) is 8.79. The molecule has 180 valence electrons. The summed E-state index contributed by atoms with van der Waals surface area (Å²) in [5.74, 6) is 0.597. The number of nitrogens with zero attached hydrogens (tertiary/aromatic N) is 4. The molecule has 10 heteroatoms. The molecule has 3 heterocycles. The number of furan rings is 1. The minimum atomic E-state index is -0.703. The van der Waals surface area contributed by atoms with E-state index in [9.17, 15) is 20.0 Å². The minimum absolute atomic E-state index is 0.0215. The van der Waals surface area contributed by atoms with Crippen molar-refractivity contribution in [1.29, 1.82) is 5.26 Å². The summed E-state index contributed by atoms with van der Waals surface area (Å²) in [6, 6.07) is 6.57. The first-order chi connectivity index (χ1) is 16.5. The van der Waals surface area contributed by atoms with Crippen molar-refractivity contribution >= 4 is 34.4 Å². The molecule has 0 saturated carbocycles. The van der Waals surface area contributed by atoms with Crippen LogP contribution in [-0.4, -0.2) is 71.0 Å². The molecule has 0 radical (unpaired) electrons. The molecule has 1 aromatic carbocycles.